The van der Waals surface area contributed by atoms with Crippen LogP contribution in [-0.4, -0.2) is 24.4 Å². The molecule has 0 aromatic heterocycles. The Bertz CT molecular complexity index is 571. The van der Waals surface area contributed by atoms with Crippen molar-refractivity contribution in [1.29, 1.82) is 0 Å². The molecule has 0 bridgehead atoms. The molecule has 2 heterocycles. The van der Waals surface area contributed by atoms with Crippen LogP contribution in [0.3, 0.4) is 0 Å². The highest BCUT2D eigenvalue weighted by molar-refractivity contribution is 6.07. The van der Waals surface area contributed by atoms with Crippen molar-refractivity contribution in [2.24, 2.45) is 0 Å². The zero-order valence-corrected chi connectivity index (χ0v) is 11.9. The molecule has 0 spiro atoms. The van der Waals surface area contributed by atoms with E-state index in [1.807, 2.05) is 26.0 Å². The van der Waals surface area contributed by atoms with Gasteiger partial charge in [0.1, 0.15) is 6.10 Å². The van der Waals surface area contributed by atoms with Crippen molar-refractivity contribution in [3.63, 3.8) is 0 Å². The first-order valence-electron chi connectivity index (χ1n) is 7.12. The number of carbonyl (C=O) groups is 2. The molecule has 4 nitrogen and oxygen atoms in total. The fourth-order valence-corrected chi connectivity index (χ4v) is 2.86. The molecule has 1 atom stereocenters. The lowest BCUT2D eigenvalue weighted by Gasteiger charge is -2.22. The van der Waals surface area contributed by atoms with Gasteiger partial charge in [-0.2, -0.15) is 0 Å². The van der Waals surface area contributed by atoms with Gasteiger partial charge >= 0.3 is 0 Å². The Labute approximate surface area is 118 Å². The highest BCUT2D eigenvalue weighted by Crippen LogP contribution is 2.38. The average molecular weight is 273 g/mol. The minimum Gasteiger partial charge on any atom is -0.370 e. The highest BCUT2D eigenvalue weighted by Gasteiger charge is 2.39. The summed E-state index contributed by atoms with van der Waals surface area (Å²) in [4.78, 5) is 24.4. The summed E-state index contributed by atoms with van der Waals surface area (Å²) in [6.45, 7) is 4.41. The Hall–Kier alpha value is -1.68. The van der Waals surface area contributed by atoms with Crippen molar-refractivity contribution in [3.8, 4) is 0 Å². The molecule has 1 fully saturated rings. The number of amides is 1. The van der Waals surface area contributed by atoms with Gasteiger partial charge in [-0.15, -0.1) is 0 Å². The van der Waals surface area contributed by atoms with E-state index >= 15 is 0 Å². The molecule has 0 saturated carbocycles. The Morgan fingerprint density at radius 1 is 1.35 bits per heavy atom. The number of Topliss-reactive ketones (excluding diaryl/α,β-unsaturated/α-hetero) is 1. The maximum Gasteiger partial charge on any atom is 0.234 e. The number of fused-ring (bicyclic) bond motifs is 1. The molecule has 0 aliphatic carbocycles. The van der Waals surface area contributed by atoms with Gasteiger partial charge in [-0.05, 0) is 56.9 Å². The largest absolute Gasteiger partial charge is 0.370 e. The van der Waals surface area contributed by atoms with Crippen molar-refractivity contribution in [2.75, 3.05) is 11.9 Å². The normalized spacial score (nSPS) is 24.1. The minimum absolute atomic E-state index is 0.0222. The van der Waals surface area contributed by atoms with Crippen LogP contribution in [0.2, 0.25) is 0 Å². The third-order valence-electron chi connectivity index (χ3n) is 4.27. The maximum atomic E-state index is 12.5. The zero-order valence-electron chi connectivity index (χ0n) is 11.9. The number of anilines is 1. The van der Waals surface area contributed by atoms with Gasteiger partial charge in [0.2, 0.25) is 5.91 Å². The molecule has 20 heavy (non-hydrogen) atoms. The van der Waals surface area contributed by atoms with Crippen LogP contribution in [0.5, 0.6) is 0 Å². The summed E-state index contributed by atoms with van der Waals surface area (Å²) < 4.78 is 5.55. The standard InChI is InChI=1S/C16H19NO3/c1-16(2)11-9-10(6-7-12(11)17-15(16)19)14(18)13-5-3-4-8-20-13/h6-7,9,13H,3-5,8H2,1-2H3,(H,17,19). The summed E-state index contributed by atoms with van der Waals surface area (Å²) in [5, 5.41) is 2.85. The SMILES string of the molecule is CC1(C)C(=O)Nc2ccc(C(=O)C3CCCCO3)cc21. The Balaban J connectivity index is 1.91. The molecule has 1 saturated heterocycles. The first kappa shape index (κ1) is 13.3. The lowest BCUT2D eigenvalue weighted by atomic mass is 9.84. The number of ketones is 1. The van der Waals surface area contributed by atoms with Gasteiger partial charge in [0.25, 0.3) is 0 Å². The molecule has 2 aliphatic heterocycles. The van der Waals surface area contributed by atoms with Gasteiger partial charge in [0.05, 0.1) is 5.41 Å². The number of rotatable bonds is 2. The number of hydrogen-bond acceptors (Lipinski definition) is 3. The summed E-state index contributed by atoms with van der Waals surface area (Å²) in [5.74, 6) is 0.00802. The lowest BCUT2D eigenvalue weighted by Crippen LogP contribution is -2.29. The van der Waals surface area contributed by atoms with Crippen LogP contribution in [0.15, 0.2) is 18.2 Å². The van der Waals surface area contributed by atoms with Crippen molar-refractivity contribution in [2.45, 2.75) is 44.6 Å². The molecular weight excluding hydrogens is 254 g/mol. The molecule has 1 N–H and O–H groups in total. The van der Waals surface area contributed by atoms with Crippen LogP contribution in [0, 0.1) is 0 Å². The zero-order chi connectivity index (χ0) is 14.3. The van der Waals surface area contributed by atoms with Crippen LogP contribution >= 0.6 is 0 Å². The lowest BCUT2D eigenvalue weighted by molar-refractivity contribution is -0.119. The number of benzene rings is 1. The summed E-state index contributed by atoms with van der Waals surface area (Å²) in [6.07, 6.45) is 2.53. The van der Waals surface area contributed by atoms with Gasteiger partial charge in [-0.3, -0.25) is 9.59 Å². The third kappa shape index (κ3) is 2.04. The van der Waals surface area contributed by atoms with Gasteiger partial charge in [0.15, 0.2) is 5.78 Å². The van der Waals surface area contributed by atoms with E-state index in [9.17, 15) is 9.59 Å². The Kier molecular flexibility index (Phi) is 3.13. The molecule has 0 radical (unpaired) electrons. The van der Waals surface area contributed by atoms with E-state index in [4.69, 9.17) is 4.74 Å². The Morgan fingerprint density at radius 3 is 2.85 bits per heavy atom. The van der Waals surface area contributed by atoms with Crippen molar-refractivity contribution in [3.05, 3.63) is 29.3 Å². The smallest absolute Gasteiger partial charge is 0.234 e. The summed E-state index contributed by atoms with van der Waals surface area (Å²) in [5.41, 5.74) is 1.75. The second-order valence-electron chi connectivity index (χ2n) is 6.06. The molecular formula is C16H19NO3. The molecule has 1 aromatic rings. The molecule has 1 amide bonds. The van der Waals surface area contributed by atoms with Crippen molar-refractivity contribution >= 4 is 17.4 Å². The van der Waals surface area contributed by atoms with E-state index < -0.39 is 5.41 Å². The number of nitrogens with one attached hydrogen (secondary N) is 1. The highest BCUT2D eigenvalue weighted by atomic mass is 16.5. The van der Waals surface area contributed by atoms with Crippen LogP contribution in [0.4, 0.5) is 5.69 Å². The second-order valence-corrected chi connectivity index (χ2v) is 6.06. The van der Waals surface area contributed by atoms with E-state index in [0.717, 1.165) is 30.5 Å². The molecule has 106 valence electrons. The molecule has 3 rings (SSSR count). The first-order valence-corrected chi connectivity index (χ1v) is 7.12. The van der Waals surface area contributed by atoms with Gasteiger partial charge in [-0.25, -0.2) is 0 Å². The fraction of sp³-hybridized carbons (Fsp3) is 0.500. The average Bonchev–Trinajstić information content (AvgIpc) is 2.69. The van der Waals surface area contributed by atoms with Crippen molar-refractivity contribution < 1.29 is 14.3 Å². The van der Waals surface area contributed by atoms with Gasteiger partial charge in [-0.1, -0.05) is 0 Å². The third-order valence-corrected chi connectivity index (χ3v) is 4.27. The number of ether oxygens (including phenoxy) is 1. The molecule has 4 heteroatoms. The summed E-state index contributed by atoms with van der Waals surface area (Å²) >= 11 is 0. The molecule has 1 aromatic carbocycles. The second kappa shape index (κ2) is 4.70. The van der Waals surface area contributed by atoms with Crippen LogP contribution < -0.4 is 5.32 Å². The van der Waals surface area contributed by atoms with Gasteiger partial charge < -0.3 is 10.1 Å². The topological polar surface area (TPSA) is 55.4 Å². The van der Waals surface area contributed by atoms with Crippen molar-refractivity contribution in [1.82, 2.24) is 0 Å². The summed E-state index contributed by atoms with van der Waals surface area (Å²) in [6, 6.07) is 5.44. The van der Waals surface area contributed by atoms with Gasteiger partial charge in [0, 0.05) is 17.9 Å². The first-order chi connectivity index (χ1) is 9.50. The van der Waals surface area contributed by atoms with Crippen LogP contribution in [0.25, 0.3) is 0 Å². The molecule has 2 aliphatic rings. The predicted octanol–water partition coefficient (Wildman–Crippen LogP) is 2.67. The predicted molar refractivity (Wildman–Crippen MR) is 76.0 cm³/mol. The quantitative estimate of drug-likeness (QED) is 0.843. The van der Waals surface area contributed by atoms with E-state index in [1.54, 1.807) is 6.07 Å². The Morgan fingerprint density at radius 2 is 2.15 bits per heavy atom. The fourth-order valence-electron chi connectivity index (χ4n) is 2.86. The minimum atomic E-state index is -0.584. The van der Waals surface area contributed by atoms with E-state index in [2.05, 4.69) is 5.32 Å². The van der Waals surface area contributed by atoms with E-state index in [1.165, 1.54) is 0 Å². The number of hydrogen-bond donors (Lipinski definition) is 1. The van der Waals surface area contributed by atoms with Crippen LogP contribution in [0.1, 0.15) is 49.0 Å². The van der Waals surface area contributed by atoms with Crippen LogP contribution in [-0.2, 0) is 14.9 Å². The maximum absolute atomic E-state index is 12.5. The van der Waals surface area contributed by atoms with E-state index in [-0.39, 0.29) is 17.8 Å². The summed E-state index contributed by atoms with van der Waals surface area (Å²) in [7, 11) is 0. The molecule has 1 unspecified atom stereocenters. The van der Waals surface area contributed by atoms with E-state index in [0.29, 0.717) is 12.2 Å². The monoisotopic (exact) mass is 273 g/mol. The number of carbonyl (C=O) groups excluding carboxylic acids is 2.